The Balaban J connectivity index is 1.70. The molecular weight excluding hydrogens is 427 g/mol. The zero-order valence-corrected chi connectivity index (χ0v) is 16.5. The van der Waals surface area contributed by atoms with E-state index in [1.165, 1.54) is 12.1 Å². The Labute approximate surface area is 173 Å². The zero-order valence-electron chi connectivity index (χ0n) is 15.7. The van der Waals surface area contributed by atoms with Crippen molar-refractivity contribution in [2.75, 3.05) is 5.32 Å². The van der Waals surface area contributed by atoms with E-state index in [0.717, 1.165) is 16.6 Å². The monoisotopic (exact) mass is 446 g/mol. The lowest BCUT2D eigenvalue weighted by Crippen LogP contribution is -2.38. The maximum atomic E-state index is 13.9. The highest BCUT2D eigenvalue weighted by atomic mass is 32.2. The van der Waals surface area contributed by atoms with Crippen LogP contribution in [0.4, 0.5) is 27.6 Å². The fourth-order valence-electron chi connectivity index (χ4n) is 3.76. The van der Waals surface area contributed by atoms with Crippen molar-refractivity contribution in [1.82, 2.24) is 9.78 Å². The average Bonchev–Trinajstić information content (AvgIpc) is 3.40. The van der Waals surface area contributed by atoms with Crippen LogP contribution >= 0.6 is 11.9 Å². The number of nitrogens with zero attached hydrogens (tertiary/aromatic N) is 2. The van der Waals surface area contributed by atoms with Crippen LogP contribution in [-0.4, -0.2) is 21.6 Å². The van der Waals surface area contributed by atoms with Crippen molar-refractivity contribution in [2.24, 2.45) is 11.1 Å². The summed E-state index contributed by atoms with van der Waals surface area (Å²) in [6.07, 6.45) is -4.54. The number of amides is 1. The van der Waals surface area contributed by atoms with Crippen molar-refractivity contribution in [3.8, 4) is 0 Å². The molecule has 2 fully saturated rings. The van der Waals surface area contributed by atoms with Gasteiger partial charge in [0, 0.05) is 35.9 Å². The van der Waals surface area contributed by atoms with Crippen LogP contribution in [0.15, 0.2) is 29.2 Å². The van der Waals surface area contributed by atoms with Crippen LogP contribution in [-0.2, 0) is 12.7 Å². The number of rotatable bonds is 6. The molecule has 0 spiro atoms. The number of halogens is 5. The number of carbonyl (C=O) groups is 1. The quantitative estimate of drug-likeness (QED) is 0.482. The molecule has 11 heteroatoms. The van der Waals surface area contributed by atoms with Crippen LogP contribution < -0.4 is 10.5 Å². The predicted molar refractivity (Wildman–Crippen MR) is 101 cm³/mol. The molecule has 2 aliphatic rings. The first-order valence-electron chi connectivity index (χ1n) is 9.41. The van der Waals surface area contributed by atoms with Crippen LogP contribution in [0.5, 0.6) is 0 Å². The van der Waals surface area contributed by atoms with Gasteiger partial charge >= 0.3 is 6.18 Å². The first-order chi connectivity index (χ1) is 14.1. The van der Waals surface area contributed by atoms with Crippen molar-refractivity contribution in [1.29, 1.82) is 0 Å². The van der Waals surface area contributed by atoms with Gasteiger partial charge in [0.15, 0.2) is 0 Å². The van der Waals surface area contributed by atoms with E-state index in [-0.39, 0.29) is 23.8 Å². The number of nitrogens with two attached hydrogens (primary N) is 1. The molecule has 0 aliphatic heterocycles. The lowest BCUT2D eigenvalue weighted by Gasteiger charge is -2.35. The average molecular weight is 446 g/mol. The van der Waals surface area contributed by atoms with Gasteiger partial charge in [0.05, 0.1) is 5.69 Å². The molecule has 1 heterocycles. The Bertz CT molecular complexity index is 962. The second-order valence-corrected chi connectivity index (χ2v) is 8.50. The van der Waals surface area contributed by atoms with Crippen molar-refractivity contribution >= 4 is 23.5 Å². The summed E-state index contributed by atoms with van der Waals surface area (Å²) >= 11 is 0.932. The molecule has 0 bridgehead atoms. The lowest BCUT2D eigenvalue weighted by atomic mass is 9.81. The third-order valence-corrected chi connectivity index (χ3v) is 5.80. The Kier molecular flexibility index (Phi) is 5.29. The normalized spacial score (nSPS) is 18.9. The van der Waals surface area contributed by atoms with Gasteiger partial charge in [0.2, 0.25) is 5.92 Å². The molecule has 2 saturated carbocycles. The lowest BCUT2D eigenvalue weighted by molar-refractivity contribution is -0.138. The van der Waals surface area contributed by atoms with E-state index < -0.39 is 48.0 Å². The zero-order chi connectivity index (χ0) is 21.7. The van der Waals surface area contributed by atoms with Crippen LogP contribution in [0.1, 0.15) is 53.3 Å². The number of hydrogen-bond donors (Lipinski definition) is 2. The number of aromatic nitrogens is 2. The van der Waals surface area contributed by atoms with Gasteiger partial charge < -0.3 is 5.32 Å². The minimum atomic E-state index is -4.79. The standard InChI is InChI=1S/C19H19F5N4OS/c20-18(21)7-10(8-18)9-28-16(14(19(22,23)24)15(27-28)11-4-5-11)17(29)26-12-2-1-3-13(6-12)30-25/h1-3,6,10-11H,4-5,7-9,25H2,(H,26,29). The Morgan fingerprint density at radius 3 is 2.57 bits per heavy atom. The molecule has 3 N–H and O–H groups in total. The molecular formula is C19H19F5N4OS. The molecule has 0 unspecified atom stereocenters. The van der Waals surface area contributed by atoms with Gasteiger partial charge in [0.1, 0.15) is 11.3 Å². The number of carbonyl (C=O) groups excluding carboxylic acids is 1. The maximum Gasteiger partial charge on any atom is 0.420 e. The number of alkyl halides is 5. The molecule has 1 aromatic carbocycles. The number of hydrogen-bond acceptors (Lipinski definition) is 4. The Morgan fingerprint density at radius 2 is 2.00 bits per heavy atom. The van der Waals surface area contributed by atoms with E-state index in [2.05, 4.69) is 10.4 Å². The van der Waals surface area contributed by atoms with Crippen LogP contribution in [0.25, 0.3) is 0 Å². The van der Waals surface area contributed by atoms with Crippen LogP contribution in [0, 0.1) is 5.92 Å². The molecule has 2 aliphatic carbocycles. The van der Waals surface area contributed by atoms with Crippen LogP contribution in [0.2, 0.25) is 0 Å². The second-order valence-electron chi connectivity index (χ2n) is 7.79. The summed E-state index contributed by atoms with van der Waals surface area (Å²) in [5, 5.41) is 12.0. The van der Waals surface area contributed by atoms with E-state index in [4.69, 9.17) is 5.14 Å². The SMILES string of the molecule is NSc1cccc(NC(=O)c2c(C(F)(F)F)c(C3CC3)nn2CC2CC(F)(F)C2)c1. The van der Waals surface area contributed by atoms with Gasteiger partial charge in [-0.05, 0) is 48.9 Å². The Hall–Kier alpha value is -2.14. The molecule has 0 saturated heterocycles. The van der Waals surface area contributed by atoms with Gasteiger partial charge in [-0.25, -0.2) is 8.78 Å². The third-order valence-electron chi connectivity index (χ3n) is 5.28. The van der Waals surface area contributed by atoms with Crippen molar-refractivity contribution in [3.05, 3.63) is 41.2 Å². The van der Waals surface area contributed by atoms with Gasteiger partial charge in [-0.2, -0.15) is 18.3 Å². The second kappa shape index (κ2) is 7.52. The van der Waals surface area contributed by atoms with Crippen LogP contribution in [0.3, 0.4) is 0 Å². The highest BCUT2D eigenvalue weighted by Crippen LogP contribution is 2.48. The molecule has 2 aromatic rings. The van der Waals surface area contributed by atoms with Gasteiger partial charge in [0.25, 0.3) is 5.91 Å². The first kappa shape index (κ1) is 21.1. The van der Waals surface area contributed by atoms with Gasteiger partial charge in [-0.3, -0.25) is 14.6 Å². The molecule has 1 aromatic heterocycles. The number of nitrogens with one attached hydrogen (secondary N) is 1. The summed E-state index contributed by atoms with van der Waals surface area (Å²) in [5.74, 6) is -4.69. The highest BCUT2D eigenvalue weighted by Gasteiger charge is 2.48. The topological polar surface area (TPSA) is 72.9 Å². The number of anilines is 1. The largest absolute Gasteiger partial charge is 0.420 e. The molecule has 0 atom stereocenters. The van der Waals surface area contributed by atoms with E-state index in [1.807, 2.05) is 0 Å². The molecule has 162 valence electrons. The molecule has 0 radical (unpaired) electrons. The highest BCUT2D eigenvalue weighted by molar-refractivity contribution is 7.97. The maximum absolute atomic E-state index is 13.9. The van der Waals surface area contributed by atoms with E-state index in [1.54, 1.807) is 12.1 Å². The summed E-state index contributed by atoms with van der Waals surface area (Å²) in [6, 6.07) is 6.36. The van der Waals surface area contributed by atoms with Gasteiger partial charge in [-0.15, -0.1) is 0 Å². The first-order valence-corrected chi connectivity index (χ1v) is 10.3. The number of benzene rings is 1. The molecule has 5 nitrogen and oxygen atoms in total. The van der Waals surface area contributed by atoms with Gasteiger partial charge in [-0.1, -0.05) is 6.07 Å². The van der Waals surface area contributed by atoms with E-state index in [0.29, 0.717) is 17.7 Å². The van der Waals surface area contributed by atoms with E-state index >= 15 is 0 Å². The summed E-state index contributed by atoms with van der Waals surface area (Å²) in [5.41, 5.74) is -1.60. The van der Waals surface area contributed by atoms with E-state index in [9.17, 15) is 26.7 Å². The molecule has 1 amide bonds. The fraction of sp³-hybridized carbons (Fsp3) is 0.474. The smallest absolute Gasteiger partial charge is 0.321 e. The third kappa shape index (κ3) is 4.31. The summed E-state index contributed by atoms with van der Waals surface area (Å²) in [4.78, 5) is 13.5. The minimum Gasteiger partial charge on any atom is -0.321 e. The molecule has 4 rings (SSSR count). The predicted octanol–water partition coefficient (Wildman–Crippen LogP) is 5.04. The summed E-state index contributed by atoms with van der Waals surface area (Å²) in [7, 11) is 0. The van der Waals surface area contributed by atoms with Crippen molar-refractivity contribution in [2.45, 2.75) is 55.1 Å². The Morgan fingerprint density at radius 1 is 1.30 bits per heavy atom. The summed E-state index contributed by atoms with van der Waals surface area (Å²) < 4.78 is 69.1. The minimum absolute atomic E-state index is 0.160. The fourth-order valence-corrected chi connectivity index (χ4v) is 4.11. The molecule has 30 heavy (non-hydrogen) atoms. The summed E-state index contributed by atoms with van der Waals surface area (Å²) in [6.45, 7) is -0.160. The van der Waals surface area contributed by atoms with Crippen molar-refractivity contribution < 1.29 is 26.7 Å². The van der Waals surface area contributed by atoms with Crippen molar-refractivity contribution in [3.63, 3.8) is 0 Å².